The molecule has 88 valence electrons. The lowest BCUT2D eigenvalue weighted by molar-refractivity contribution is -0.158. The number of carbonyl (C=O) groups excluding carboxylic acids is 2. The molecule has 0 unspecified atom stereocenters. The van der Waals surface area contributed by atoms with Crippen LogP contribution in [0, 0.1) is 0 Å². The molecule has 0 N–H and O–H groups in total. The Morgan fingerprint density at radius 3 is 1.40 bits per heavy atom. The van der Waals surface area contributed by atoms with E-state index in [1.807, 2.05) is 0 Å². The van der Waals surface area contributed by atoms with Crippen LogP contribution in [-0.4, -0.2) is 27.4 Å². The third kappa shape index (κ3) is 4.97. The maximum Gasteiger partial charge on any atom is 0.345 e. The molecule has 0 spiro atoms. The van der Waals surface area contributed by atoms with E-state index in [4.69, 9.17) is 9.47 Å². The first-order valence-corrected chi connectivity index (χ1v) is 6.06. The largest absolute Gasteiger partial charge is 0.461 e. The second-order valence-electron chi connectivity index (χ2n) is 3.48. The number of hydrogen-bond acceptors (Lipinski definition) is 4. The third-order valence-electron chi connectivity index (χ3n) is 1.20. The van der Waals surface area contributed by atoms with Crippen LogP contribution in [0.5, 0.6) is 0 Å². The molecule has 0 aliphatic rings. The molecule has 0 atom stereocenters. The number of hydrogen-bond donors (Lipinski definition) is 0. The number of halogens is 2. The van der Waals surface area contributed by atoms with Gasteiger partial charge in [-0.2, -0.15) is 0 Å². The van der Waals surface area contributed by atoms with Crippen LogP contribution in [0.25, 0.3) is 0 Å². The van der Waals surface area contributed by atoms with Gasteiger partial charge in [-0.15, -0.1) is 0 Å². The highest BCUT2D eigenvalue weighted by Gasteiger charge is 2.45. The van der Waals surface area contributed by atoms with E-state index in [2.05, 4.69) is 31.9 Å². The van der Waals surface area contributed by atoms with Crippen LogP contribution >= 0.6 is 31.9 Å². The topological polar surface area (TPSA) is 52.6 Å². The van der Waals surface area contributed by atoms with Gasteiger partial charge < -0.3 is 9.47 Å². The molecule has 0 radical (unpaired) electrons. The van der Waals surface area contributed by atoms with Crippen LogP contribution in [0.15, 0.2) is 0 Å². The summed E-state index contributed by atoms with van der Waals surface area (Å²) >= 11 is 5.87. The molecule has 0 rings (SSSR count). The second kappa shape index (κ2) is 5.84. The van der Waals surface area contributed by atoms with Gasteiger partial charge in [0.05, 0.1) is 12.2 Å². The van der Waals surface area contributed by atoms with Crippen molar-refractivity contribution in [1.29, 1.82) is 0 Å². The van der Waals surface area contributed by atoms with Crippen molar-refractivity contribution in [3.63, 3.8) is 0 Å². The van der Waals surface area contributed by atoms with Gasteiger partial charge >= 0.3 is 11.9 Å². The van der Waals surface area contributed by atoms with E-state index in [9.17, 15) is 9.59 Å². The van der Waals surface area contributed by atoms with Gasteiger partial charge in [0.2, 0.25) is 0 Å². The third-order valence-corrected chi connectivity index (χ3v) is 2.49. The Morgan fingerprint density at radius 1 is 0.933 bits per heavy atom. The highest BCUT2D eigenvalue weighted by Crippen LogP contribution is 2.30. The molecule has 0 aliphatic carbocycles. The first-order valence-electron chi connectivity index (χ1n) is 4.48. The van der Waals surface area contributed by atoms with Gasteiger partial charge in [0.15, 0.2) is 0 Å². The van der Waals surface area contributed by atoms with Crippen LogP contribution in [-0.2, 0) is 19.1 Å². The predicted molar refractivity (Wildman–Crippen MR) is 63.0 cm³/mol. The molecule has 0 aromatic carbocycles. The maximum atomic E-state index is 11.5. The number of esters is 2. The monoisotopic (exact) mass is 344 g/mol. The molecule has 0 amide bonds. The zero-order valence-corrected chi connectivity index (χ0v) is 12.2. The summed E-state index contributed by atoms with van der Waals surface area (Å²) in [5.41, 5.74) is 0. The van der Waals surface area contributed by atoms with Gasteiger partial charge in [0.25, 0.3) is 3.23 Å². The lowest BCUT2D eigenvalue weighted by Crippen LogP contribution is -2.39. The molecular formula is C9H14Br2O4. The molecule has 6 heteroatoms. The molecular weight excluding hydrogens is 332 g/mol. The van der Waals surface area contributed by atoms with Crippen molar-refractivity contribution in [3.05, 3.63) is 0 Å². The second-order valence-corrected chi connectivity index (χ2v) is 6.93. The molecule has 4 nitrogen and oxygen atoms in total. The molecule has 0 bridgehead atoms. The molecule has 0 aromatic heterocycles. The lowest BCUT2D eigenvalue weighted by Gasteiger charge is -2.20. The van der Waals surface area contributed by atoms with Crippen LogP contribution < -0.4 is 0 Å². The Morgan fingerprint density at radius 2 is 1.20 bits per heavy atom. The summed E-state index contributed by atoms with van der Waals surface area (Å²) in [6.45, 7) is 6.78. The zero-order chi connectivity index (χ0) is 12.2. The summed E-state index contributed by atoms with van der Waals surface area (Å²) in [4.78, 5) is 23.0. The van der Waals surface area contributed by atoms with Gasteiger partial charge in [0.1, 0.15) is 0 Å². The van der Waals surface area contributed by atoms with Crippen LogP contribution in [0.1, 0.15) is 27.7 Å². The van der Waals surface area contributed by atoms with Gasteiger partial charge in [-0.1, -0.05) is 0 Å². The average Bonchev–Trinajstić information content (AvgIpc) is 2.01. The minimum Gasteiger partial charge on any atom is -0.461 e. The fourth-order valence-corrected chi connectivity index (χ4v) is 1.03. The fraction of sp³-hybridized carbons (Fsp3) is 0.778. The molecule has 0 saturated heterocycles. The molecule has 0 heterocycles. The summed E-state index contributed by atoms with van der Waals surface area (Å²) in [6.07, 6.45) is -0.586. The summed E-state index contributed by atoms with van der Waals surface area (Å²) < 4.78 is 8.15. The van der Waals surface area contributed by atoms with Crippen molar-refractivity contribution in [2.45, 2.75) is 43.1 Å². The molecule has 0 aliphatic heterocycles. The van der Waals surface area contributed by atoms with Gasteiger partial charge in [-0.05, 0) is 59.6 Å². The molecule has 0 fully saturated rings. The van der Waals surface area contributed by atoms with E-state index in [1.165, 1.54) is 0 Å². The van der Waals surface area contributed by atoms with Gasteiger partial charge in [-0.3, -0.25) is 0 Å². The Labute approximate surface area is 106 Å². The zero-order valence-electron chi connectivity index (χ0n) is 9.04. The Bertz CT molecular complexity index is 224. The van der Waals surface area contributed by atoms with E-state index in [-0.39, 0.29) is 12.2 Å². The Balaban J connectivity index is 4.51. The predicted octanol–water partition coefficient (Wildman–Crippen LogP) is 2.38. The van der Waals surface area contributed by atoms with E-state index < -0.39 is 15.2 Å². The number of ether oxygens (including phenoxy) is 2. The SMILES string of the molecule is CC(C)OC(=O)C(Br)(Br)C(=O)OC(C)C. The number of alkyl halides is 2. The Hall–Kier alpha value is -0.100. The first kappa shape index (κ1) is 14.9. The highest BCUT2D eigenvalue weighted by atomic mass is 79.9. The summed E-state index contributed by atoms with van der Waals surface area (Å²) in [5.74, 6) is -1.44. The number of rotatable bonds is 4. The number of carbonyl (C=O) groups is 2. The van der Waals surface area contributed by atoms with Crippen molar-refractivity contribution in [2.75, 3.05) is 0 Å². The van der Waals surface area contributed by atoms with Gasteiger partial charge in [-0.25, -0.2) is 9.59 Å². The molecule has 0 aromatic rings. The standard InChI is InChI=1S/C9H14Br2O4/c1-5(2)14-7(12)9(10,11)8(13)15-6(3)4/h5-6H,1-4H3. The van der Waals surface area contributed by atoms with Crippen molar-refractivity contribution >= 4 is 43.8 Å². The summed E-state index contributed by atoms with van der Waals surface area (Å²) in [5, 5.41) is 0. The fourth-order valence-electron chi connectivity index (χ4n) is 0.659. The van der Waals surface area contributed by atoms with E-state index >= 15 is 0 Å². The first-order chi connectivity index (χ1) is 6.67. The van der Waals surface area contributed by atoms with Crippen LogP contribution in [0.2, 0.25) is 0 Å². The Kier molecular flexibility index (Phi) is 5.80. The van der Waals surface area contributed by atoms with Crippen molar-refractivity contribution in [1.82, 2.24) is 0 Å². The van der Waals surface area contributed by atoms with Crippen molar-refractivity contribution < 1.29 is 19.1 Å². The minimum atomic E-state index is -1.62. The summed E-state index contributed by atoms with van der Waals surface area (Å²) in [7, 11) is 0. The van der Waals surface area contributed by atoms with E-state index in [0.717, 1.165) is 0 Å². The minimum absolute atomic E-state index is 0.293. The molecule has 0 saturated carbocycles. The van der Waals surface area contributed by atoms with Crippen LogP contribution in [0.4, 0.5) is 0 Å². The summed E-state index contributed by atoms with van der Waals surface area (Å²) in [6, 6.07) is 0. The normalized spacial score (nSPS) is 11.7. The van der Waals surface area contributed by atoms with Crippen molar-refractivity contribution in [2.24, 2.45) is 0 Å². The smallest absolute Gasteiger partial charge is 0.345 e. The lowest BCUT2D eigenvalue weighted by atomic mass is 10.4. The van der Waals surface area contributed by atoms with E-state index in [1.54, 1.807) is 27.7 Å². The van der Waals surface area contributed by atoms with Gasteiger partial charge in [0, 0.05) is 0 Å². The van der Waals surface area contributed by atoms with Crippen LogP contribution in [0.3, 0.4) is 0 Å². The average molecular weight is 346 g/mol. The highest BCUT2D eigenvalue weighted by molar-refractivity contribution is 9.26. The maximum absolute atomic E-state index is 11.5. The quantitative estimate of drug-likeness (QED) is 0.446. The van der Waals surface area contributed by atoms with Crippen molar-refractivity contribution in [3.8, 4) is 0 Å². The van der Waals surface area contributed by atoms with E-state index in [0.29, 0.717) is 0 Å². The molecule has 15 heavy (non-hydrogen) atoms.